The highest BCUT2D eigenvalue weighted by Crippen LogP contribution is 2.22. The maximum Gasteiger partial charge on any atom is 0.252 e. The van der Waals surface area contributed by atoms with E-state index in [1.165, 1.54) is 13.3 Å². The summed E-state index contributed by atoms with van der Waals surface area (Å²) in [4.78, 5) is -0.239. The van der Waals surface area contributed by atoms with Gasteiger partial charge in [-0.25, -0.2) is 8.42 Å². The Labute approximate surface area is 90.4 Å². The molecule has 1 atom stereocenters. The molecular formula is C6H10BrN3O3S. The van der Waals surface area contributed by atoms with Crippen LogP contribution < -0.4 is 0 Å². The third-order valence-electron chi connectivity index (χ3n) is 1.49. The van der Waals surface area contributed by atoms with Gasteiger partial charge in [-0.05, 0) is 0 Å². The monoisotopic (exact) mass is 283 g/mol. The number of hydrogen-bond donors (Lipinski definition) is 0. The number of nitrogens with zero attached hydrogens (tertiary/aromatic N) is 3. The Hall–Kier alpha value is -0.470. The van der Waals surface area contributed by atoms with Gasteiger partial charge in [-0.15, -0.1) is 9.19 Å². The van der Waals surface area contributed by atoms with Gasteiger partial charge < -0.3 is 4.74 Å². The van der Waals surface area contributed by atoms with Gasteiger partial charge >= 0.3 is 0 Å². The van der Waals surface area contributed by atoms with Gasteiger partial charge in [-0.1, -0.05) is 21.1 Å². The van der Waals surface area contributed by atoms with Crippen LogP contribution in [0, 0.1) is 0 Å². The predicted octanol–water partition coefficient (Wildman–Crippen LogP) is 0.168. The van der Waals surface area contributed by atoms with Crippen LogP contribution >= 0.6 is 15.9 Å². The molecule has 1 unspecified atom stereocenters. The van der Waals surface area contributed by atoms with E-state index in [1.54, 1.807) is 0 Å². The van der Waals surface area contributed by atoms with Crippen molar-refractivity contribution >= 4 is 26.0 Å². The molecule has 0 fully saturated rings. The molecule has 0 radical (unpaired) electrons. The van der Waals surface area contributed by atoms with Crippen molar-refractivity contribution in [1.29, 1.82) is 0 Å². The molecule has 0 saturated heterocycles. The summed E-state index contributed by atoms with van der Waals surface area (Å²) in [5.41, 5.74) is 0.453. The lowest BCUT2D eigenvalue weighted by Gasteiger charge is -2.08. The highest BCUT2D eigenvalue weighted by atomic mass is 79.9. The smallest absolute Gasteiger partial charge is 0.252 e. The largest absolute Gasteiger partial charge is 0.383 e. The van der Waals surface area contributed by atoms with Crippen LogP contribution in [0.3, 0.4) is 0 Å². The van der Waals surface area contributed by atoms with Crippen molar-refractivity contribution in [2.45, 2.75) is 4.83 Å². The quantitative estimate of drug-likeness (QED) is 0.737. The van der Waals surface area contributed by atoms with Crippen LogP contribution in [0.1, 0.15) is 10.5 Å². The standard InChI is InChI=1S/C6H10BrN3O3S/c1-13-4-5(7)6-3-8-9-10(6)14(2,11)12/h3,5H,4H2,1-2H3. The number of hydrogen-bond acceptors (Lipinski definition) is 5. The lowest BCUT2D eigenvalue weighted by atomic mass is 10.3. The van der Waals surface area contributed by atoms with Crippen molar-refractivity contribution < 1.29 is 13.2 Å². The SMILES string of the molecule is COCC(Br)c1cnnn1S(C)(=O)=O. The first-order valence-corrected chi connectivity index (χ1v) is 6.47. The molecular weight excluding hydrogens is 274 g/mol. The Morgan fingerprint density at radius 3 is 2.86 bits per heavy atom. The minimum absolute atomic E-state index is 0.239. The van der Waals surface area contributed by atoms with Crippen molar-refractivity contribution in [2.24, 2.45) is 0 Å². The van der Waals surface area contributed by atoms with E-state index in [1.807, 2.05) is 0 Å². The van der Waals surface area contributed by atoms with Gasteiger partial charge in [0.25, 0.3) is 10.0 Å². The summed E-state index contributed by atoms with van der Waals surface area (Å²) in [6.45, 7) is 0.350. The summed E-state index contributed by atoms with van der Waals surface area (Å²) in [6, 6.07) is 0. The van der Waals surface area contributed by atoms with Crippen molar-refractivity contribution in [3.05, 3.63) is 11.9 Å². The molecule has 6 nitrogen and oxygen atoms in total. The Morgan fingerprint density at radius 2 is 2.36 bits per heavy atom. The van der Waals surface area contributed by atoms with E-state index in [0.29, 0.717) is 12.3 Å². The summed E-state index contributed by atoms with van der Waals surface area (Å²) >= 11 is 3.28. The maximum absolute atomic E-state index is 11.2. The molecule has 1 rings (SSSR count). The van der Waals surface area contributed by atoms with Gasteiger partial charge in [0, 0.05) is 7.11 Å². The first-order chi connectivity index (χ1) is 6.46. The summed E-state index contributed by atoms with van der Waals surface area (Å²) in [7, 11) is -1.87. The lowest BCUT2D eigenvalue weighted by molar-refractivity contribution is 0.200. The van der Waals surface area contributed by atoms with Crippen LogP contribution in [0.5, 0.6) is 0 Å². The Kier molecular flexibility index (Phi) is 3.62. The van der Waals surface area contributed by atoms with Gasteiger partial charge in [-0.3, -0.25) is 0 Å². The number of methoxy groups -OCH3 is 1. The van der Waals surface area contributed by atoms with Gasteiger partial charge in [0.1, 0.15) is 0 Å². The summed E-state index contributed by atoms with van der Waals surface area (Å²) in [6.07, 6.45) is 2.46. The second-order valence-electron chi connectivity index (χ2n) is 2.69. The van der Waals surface area contributed by atoms with E-state index in [9.17, 15) is 8.42 Å². The van der Waals surface area contributed by atoms with E-state index < -0.39 is 10.0 Å². The lowest BCUT2D eigenvalue weighted by Crippen LogP contribution is -2.17. The van der Waals surface area contributed by atoms with Crippen LogP contribution in [-0.2, 0) is 14.8 Å². The van der Waals surface area contributed by atoms with E-state index in [-0.39, 0.29) is 4.83 Å². The van der Waals surface area contributed by atoms with Crippen LogP contribution in [0.4, 0.5) is 0 Å². The highest BCUT2D eigenvalue weighted by Gasteiger charge is 2.19. The third kappa shape index (κ3) is 2.52. The van der Waals surface area contributed by atoms with Gasteiger partial charge in [-0.2, -0.15) is 0 Å². The Morgan fingerprint density at radius 1 is 1.71 bits per heavy atom. The van der Waals surface area contributed by atoms with Crippen molar-refractivity contribution in [1.82, 2.24) is 14.4 Å². The fourth-order valence-electron chi connectivity index (χ4n) is 0.923. The van der Waals surface area contributed by atoms with Crippen molar-refractivity contribution in [3.8, 4) is 0 Å². The van der Waals surface area contributed by atoms with E-state index in [0.717, 1.165) is 10.3 Å². The zero-order valence-corrected chi connectivity index (χ0v) is 10.1. The molecule has 8 heteroatoms. The van der Waals surface area contributed by atoms with Crippen molar-refractivity contribution in [3.63, 3.8) is 0 Å². The number of aromatic nitrogens is 3. The molecule has 0 aliphatic rings. The fourth-order valence-corrected chi connectivity index (χ4v) is 2.37. The number of alkyl halides is 1. The summed E-state index contributed by atoms with van der Waals surface area (Å²) in [5.74, 6) is 0. The molecule has 1 aromatic rings. The molecule has 1 heterocycles. The van der Waals surface area contributed by atoms with Gasteiger partial charge in [0.2, 0.25) is 0 Å². The molecule has 0 spiro atoms. The van der Waals surface area contributed by atoms with Crippen molar-refractivity contribution in [2.75, 3.05) is 20.0 Å². The zero-order chi connectivity index (χ0) is 10.8. The molecule has 0 amide bonds. The Bertz CT molecular complexity index is 402. The average Bonchev–Trinajstić information content (AvgIpc) is 2.50. The first-order valence-electron chi connectivity index (χ1n) is 3.71. The van der Waals surface area contributed by atoms with Crippen LogP contribution in [0.2, 0.25) is 0 Å². The summed E-state index contributed by atoms with van der Waals surface area (Å²) < 4.78 is 28.2. The first kappa shape index (κ1) is 11.6. The topological polar surface area (TPSA) is 74.1 Å². The van der Waals surface area contributed by atoms with Gasteiger partial charge in [0.15, 0.2) is 0 Å². The molecule has 1 aromatic heterocycles. The molecule has 0 aliphatic heterocycles. The number of rotatable bonds is 4. The normalized spacial score (nSPS) is 14.2. The van der Waals surface area contributed by atoms with E-state index in [2.05, 4.69) is 26.2 Å². The molecule has 80 valence electrons. The minimum atomic E-state index is -3.40. The maximum atomic E-state index is 11.2. The van der Waals surface area contributed by atoms with Crippen LogP contribution in [0.25, 0.3) is 0 Å². The highest BCUT2D eigenvalue weighted by molar-refractivity contribution is 9.09. The number of halogens is 1. The molecule has 0 saturated carbocycles. The van der Waals surface area contributed by atoms with Crippen LogP contribution in [-0.4, -0.2) is 42.8 Å². The fraction of sp³-hybridized carbons (Fsp3) is 0.667. The van der Waals surface area contributed by atoms with E-state index >= 15 is 0 Å². The average molecular weight is 284 g/mol. The molecule has 0 aromatic carbocycles. The number of ether oxygens (including phenoxy) is 1. The molecule has 14 heavy (non-hydrogen) atoms. The predicted molar refractivity (Wildman–Crippen MR) is 53.8 cm³/mol. The second kappa shape index (κ2) is 4.37. The zero-order valence-electron chi connectivity index (χ0n) is 7.71. The minimum Gasteiger partial charge on any atom is -0.383 e. The third-order valence-corrected chi connectivity index (χ3v) is 3.14. The van der Waals surface area contributed by atoms with E-state index in [4.69, 9.17) is 4.74 Å². The van der Waals surface area contributed by atoms with Gasteiger partial charge in [0.05, 0.1) is 29.6 Å². The summed E-state index contributed by atoms with van der Waals surface area (Å²) in [5, 5.41) is 7.02. The molecule has 0 bridgehead atoms. The molecule has 0 aliphatic carbocycles. The second-order valence-corrected chi connectivity index (χ2v) is 5.60. The van der Waals surface area contributed by atoms with Crippen LogP contribution in [0.15, 0.2) is 6.20 Å². The molecule has 0 N–H and O–H groups in total. The Balaban J connectivity index is 3.05.